The van der Waals surface area contributed by atoms with E-state index in [9.17, 15) is 9.59 Å². The Morgan fingerprint density at radius 1 is 1.00 bits per heavy atom. The Hall–Kier alpha value is -3.22. The van der Waals surface area contributed by atoms with Crippen LogP contribution in [0, 0.1) is 0 Å². The number of nitrogens with zero attached hydrogens (tertiary/aromatic N) is 1. The number of hydrogen-bond donors (Lipinski definition) is 1. The average Bonchev–Trinajstić information content (AvgIpc) is 3.13. The van der Waals surface area contributed by atoms with Crippen molar-refractivity contribution in [2.75, 3.05) is 38.1 Å². The summed E-state index contributed by atoms with van der Waals surface area (Å²) >= 11 is 0. The summed E-state index contributed by atoms with van der Waals surface area (Å²) in [7, 11) is 4.59. The minimum Gasteiger partial charge on any atom is -0.493 e. The average molecular weight is 384 g/mol. The lowest BCUT2D eigenvalue weighted by Crippen LogP contribution is -2.23. The molecule has 148 valence electrons. The largest absolute Gasteiger partial charge is 0.493 e. The lowest BCUT2D eigenvalue weighted by Gasteiger charge is -2.17. The molecule has 2 aromatic rings. The van der Waals surface area contributed by atoms with Gasteiger partial charge in [-0.05, 0) is 36.8 Å². The number of carbonyl (C=O) groups excluding carboxylic acids is 2. The summed E-state index contributed by atoms with van der Waals surface area (Å²) in [5.41, 5.74) is 2.21. The number of rotatable bonds is 7. The molecule has 1 fully saturated rings. The number of nitrogens with one attached hydrogen (secondary N) is 1. The van der Waals surface area contributed by atoms with Gasteiger partial charge >= 0.3 is 0 Å². The molecule has 2 aromatic carbocycles. The highest BCUT2D eigenvalue weighted by atomic mass is 16.5. The molecular formula is C21H24N2O5. The molecule has 28 heavy (non-hydrogen) atoms. The lowest BCUT2D eigenvalue weighted by molar-refractivity contribution is -0.117. The maximum atomic E-state index is 12.5. The smallest absolute Gasteiger partial charge is 0.228 e. The predicted molar refractivity (Wildman–Crippen MR) is 106 cm³/mol. The molecule has 1 N–H and O–H groups in total. The van der Waals surface area contributed by atoms with Gasteiger partial charge < -0.3 is 24.4 Å². The van der Waals surface area contributed by atoms with Gasteiger partial charge in [0.15, 0.2) is 11.5 Å². The van der Waals surface area contributed by atoms with Gasteiger partial charge in [-0.3, -0.25) is 9.59 Å². The fourth-order valence-electron chi connectivity index (χ4n) is 3.33. The van der Waals surface area contributed by atoms with Crippen molar-refractivity contribution in [2.24, 2.45) is 0 Å². The van der Waals surface area contributed by atoms with Crippen molar-refractivity contribution >= 4 is 23.2 Å². The van der Waals surface area contributed by atoms with Gasteiger partial charge in [0, 0.05) is 29.9 Å². The minimum absolute atomic E-state index is 0.121. The molecule has 0 aliphatic carbocycles. The molecule has 0 spiro atoms. The highest BCUT2D eigenvalue weighted by Gasteiger charge is 2.21. The van der Waals surface area contributed by atoms with Crippen LogP contribution in [-0.4, -0.2) is 39.7 Å². The van der Waals surface area contributed by atoms with Crippen molar-refractivity contribution in [1.29, 1.82) is 0 Å². The van der Waals surface area contributed by atoms with Crippen LogP contribution in [0.2, 0.25) is 0 Å². The van der Waals surface area contributed by atoms with Gasteiger partial charge in [0.2, 0.25) is 17.6 Å². The summed E-state index contributed by atoms with van der Waals surface area (Å²) in [6.45, 7) is 0.740. The van der Waals surface area contributed by atoms with E-state index in [1.165, 1.54) is 14.2 Å². The van der Waals surface area contributed by atoms with E-state index in [1.807, 2.05) is 12.1 Å². The van der Waals surface area contributed by atoms with Crippen molar-refractivity contribution in [2.45, 2.75) is 19.3 Å². The van der Waals surface area contributed by atoms with Crippen LogP contribution in [0.5, 0.6) is 17.2 Å². The van der Waals surface area contributed by atoms with Crippen LogP contribution >= 0.6 is 0 Å². The third kappa shape index (κ3) is 4.03. The molecule has 7 heteroatoms. The fraction of sp³-hybridized carbons (Fsp3) is 0.333. The Kier molecular flexibility index (Phi) is 6.03. The molecule has 3 rings (SSSR count). The van der Waals surface area contributed by atoms with Crippen LogP contribution in [0.1, 0.15) is 18.4 Å². The van der Waals surface area contributed by atoms with E-state index in [2.05, 4.69) is 5.32 Å². The van der Waals surface area contributed by atoms with Gasteiger partial charge in [-0.2, -0.15) is 0 Å². The summed E-state index contributed by atoms with van der Waals surface area (Å²) in [6.07, 6.45) is 1.59. The highest BCUT2D eigenvalue weighted by molar-refractivity contribution is 5.96. The van der Waals surface area contributed by atoms with Crippen molar-refractivity contribution in [3.05, 3.63) is 42.0 Å². The number of amides is 2. The predicted octanol–water partition coefficient (Wildman–Crippen LogP) is 3.02. The topological polar surface area (TPSA) is 77.1 Å². The van der Waals surface area contributed by atoms with Crippen LogP contribution in [0.25, 0.3) is 0 Å². The molecule has 1 heterocycles. The quantitative estimate of drug-likeness (QED) is 0.794. The molecule has 0 atom stereocenters. The lowest BCUT2D eigenvalue weighted by atomic mass is 10.1. The number of ether oxygens (including phenoxy) is 3. The molecular weight excluding hydrogens is 360 g/mol. The van der Waals surface area contributed by atoms with Crippen LogP contribution in [0.3, 0.4) is 0 Å². The summed E-state index contributed by atoms with van der Waals surface area (Å²) in [5.74, 6) is 1.42. The molecule has 1 aliphatic rings. The molecule has 0 unspecified atom stereocenters. The van der Waals surface area contributed by atoms with Crippen LogP contribution in [0.4, 0.5) is 11.4 Å². The Morgan fingerprint density at radius 3 is 2.29 bits per heavy atom. The number of anilines is 2. The Morgan fingerprint density at radius 2 is 1.71 bits per heavy atom. The zero-order valence-electron chi connectivity index (χ0n) is 16.3. The van der Waals surface area contributed by atoms with Crippen LogP contribution < -0.4 is 24.4 Å². The van der Waals surface area contributed by atoms with E-state index in [1.54, 1.807) is 36.3 Å². The molecule has 2 amide bonds. The summed E-state index contributed by atoms with van der Waals surface area (Å²) in [4.78, 5) is 26.1. The van der Waals surface area contributed by atoms with E-state index in [-0.39, 0.29) is 18.2 Å². The van der Waals surface area contributed by atoms with Gasteiger partial charge in [-0.25, -0.2) is 0 Å². The minimum atomic E-state index is -0.185. The second kappa shape index (κ2) is 8.65. The summed E-state index contributed by atoms with van der Waals surface area (Å²) < 4.78 is 16.0. The van der Waals surface area contributed by atoms with Crippen LogP contribution in [0.15, 0.2) is 36.4 Å². The van der Waals surface area contributed by atoms with E-state index in [4.69, 9.17) is 14.2 Å². The number of methoxy groups -OCH3 is 3. The molecule has 1 saturated heterocycles. The van der Waals surface area contributed by atoms with Gasteiger partial charge in [0.25, 0.3) is 0 Å². The molecule has 0 saturated carbocycles. The van der Waals surface area contributed by atoms with E-state index >= 15 is 0 Å². The molecule has 0 radical (unpaired) electrons. The van der Waals surface area contributed by atoms with E-state index in [0.29, 0.717) is 34.9 Å². The second-order valence-corrected chi connectivity index (χ2v) is 6.41. The first-order valence-electron chi connectivity index (χ1n) is 9.05. The first kappa shape index (κ1) is 19.5. The van der Waals surface area contributed by atoms with E-state index < -0.39 is 0 Å². The Labute approximate surface area is 164 Å². The maximum absolute atomic E-state index is 12.5. The van der Waals surface area contributed by atoms with E-state index in [0.717, 1.165) is 18.7 Å². The van der Waals surface area contributed by atoms with Crippen LogP contribution in [-0.2, 0) is 16.0 Å². The molecule has 0 aromatic heterocycles. The standard InChI is InChI=1S/C21H24N2O5/c1-26-17-11-6-14(20(27-2)21(17)28-3)13-18(24)22-15-7-9-16(10-8-15)23-12-4-5-19(23)25/h6-11H,4-5,12-13H2,1-3H3,(H,22,24). The number of benzene rings is 2. The zero-order chi connectivity index (χ0) is 20.1. The second-order valence-electron chi connectivity index (χ2n) is 6.41. The van der Waals surface area contributed by atoms with Crippen molar-refractivity contribution in [3.63, 3.8) is 0 Å². The van der Waals surface area contributed by atoms with Gasteiger partial charge in [0.1, 0.15) is 0 Å². The van der Waals surface area contributed by atoms with Crippen molar-refractivity contribution in [1.82, 2.24) is 0 Å². The number of hydrogen-bond acceptors (Lipinski definition) is 5. The van der Waals surface area contributed by atoms with Gasteiger partial charge in [-0.15, -0.1) is 0 Å². The Bertz CT molecular complexity index is 864. The van der Waals surface area contributed by atoms with Gasteiger partial charge in [-0.1, -0.05) is 6.07 Å². The fourth-order valence-corrected chi connectivity index (χ4v) is 3.33. The normalized spacial score (nSPS) is 13.4. The highest BCUT2D eigenvalue weighted by Crippen LogP contribution is 2.40. The molecule has 1 aliphatic heterocycles. The van der Waals surface area contributed by atoms with Crippen molar-refractivity contribution < 1.29 is 23.8 Å². The Balaban J connectivity index is 1.70. The molecule has 7 nitrogen and oxygen atoms in total. The zero-order valence-corrected chi connectivity index (χ0v) is 16.3. The SMILES string of the molecule is COc1ccc(CC(=O)Nc2ccc(N3CCCC3=O)cc2)c(OC)c1OC. The number of carbonyl (C=O) groups is 2. The summed E-state index contributed by atoms with van der Waals surface area (Å²) in [5, 5.41) is 2.87. The maximum Gasteiger partial charge on any atom is 0.228 e. The third-order valence-electron chi connectivity index (χ3n) is 4.67. The monoisotopic (exact) mass is 384 g/mol. The first-order valence-corrected chi connectivity index (χ1v) is 9.05. The molecule has 0 bridgehead atoms. The third-order valence-corrected chi connectivity index (χ3v) is 4.67. The first-order chi connectivity index (χ1) is 13.6. The van der Waals surface area contributed by atoms with Gasteiger partial charge in [0.05, 0.1) is 27.8 Å². The van der Waals surface area contributed by atoms with Crippen molar-refractivity contribution in [3.8, 4) is 17.2 Å². The summed E-state index contributed by atoms with van der Waals surface area (Å²) in [6, 6.07) is 10.8.